The van der Waals surface area contributed by atoms with Crippen LogP contribution in [0.3, 0.4) is 0 Å². The monoisotopic (exact) mass is 1120 g/mol. The molecule has 0 rings (SSSR count). The zero-order valence-electron chi connectivity index (χ0n) is 51.0. The Morgan fingerprint density at radius 3 is 1.16 bits per heavy atom. The molecule has 0 aliphatic rings. The van der Waals surface area contributed by atoms with Crippen LogP contribution in [0.15, 0.2) is 0 Å². The van der Waals surface area contributed by atoms with Crippen LogP contribution >= 0.6 is 0 Å². The zero-order valence-corrected chi connectivity index (χ0v) is 51.0. The molecule has 0 aliphatic carbocycles. The van der Waals surface area contributed by atoms with Gasteiger partial charge in [0.1, 0.15) is 19.3 Å². The predicted octanol–water partition coefficient (Wildman–Crippen LogP) is 12.8. The molecule has 0 spiro atoms. The summed E-state index contributed by atoms with van der Waals surface area (Å²) in [5, 5.41) is 0. The number of carbonyl (C=O) groups is 8. The molecule has 0 aromatic rings. The van der Waals surface area contributed by atoms with E-state index in [2.05, 4.69) is 20.8 Å². The van der Waals surface area contributed by atoms with Crippen LogP contribution < -0.4 is 0 Å². The van der Waals surface area contributed by atoms with Crippen LogP contribution in [-0.2, 0) is 71.5 Å². The number of hydrogen-bond donors (Lipinski definition) is 0. The first-order valence-corrected chi connectivity index (χ1v) is 31.3. The summed E-state index contributed by atoms with van der Waals surface area (Å²) < 4.78 is 39.6. The maximum absolute atomic E-state index is 14.4. The fourth-order valence-corrected chi connectivity index (χ4v) is 8.90. The van der Waals surface area contributed by atoms with E-state index < -0.39 is 92.0 Å². The molecule has 0 aliphatic heterocycles. The molecule has 17 nitrogen and oxygen atoms in total. The van der Waals surface area contributed by atoms with E-state index in [0.29, 0.717) is 45.1 Å². The van der Waals surface area contributed by atoms with Crippen molar-refractivity contribution < 1.29 is 71.5 Å². The molecule has 0 saturated heterocycles. The van der Waals surface area contributed by atoms with Crippen molar-refractivity contribution in [1.82, 2.24) is 9.80 Å². The number of amides is 1. The van der Waals surface area contributed by atoms with E-state index in [1.807, 2.05) is 39.8 Å². The molecule has 460 valence electrons. The fraction of sp³-hybridized carbons (Fsp3) is 0.871. The van der Waals surface area contributed by atoms with Gasteiger partial charge in [0.05, 0.1) is 38.5 Å². The number of esters is 7. The van der Waals surface area contributed by atoms with Crippen molar-refractivity contribution in [2.24, 2.45) is 0 Å². The van der Waals surface area contributed by atoms with Crippen LogP contribution in [0.5, 0.6) is 0 Å². The molecule has 0 aromatic carbocycles. The molecule has 3 atom stereocenters. The second kappa shape index (κ2) is 51.8. The first kappa shape index (κ1) is 74.7. The molecule has 0 heterocycles. The minimum Gasteiger partial charge on any atom is -0.466 e. The first-order valence-electron chi connectivity index (χ1n) is 31.3. The Morgan fingerprint density at radius 2 is 0.747 bits per heavy atom. The van der Waals surface area contributed by atoms with Gasteiger partial charge in [0, 0.05) is 25.8 Å². The lowest BCUT2D eigenvalue weighted by Crippen LogP contribution is -2.48. The van der Waals surface area contributed by atoms with E-state index >= 15 is 0 Å². The maximum atomic E-state index is 14.4. The van der Waals surface area contributed by atoms with E-state index in [1.54, 1.807) is 0 Å². The summed E-state index contributed by atoms with van der Waals surface area (Å²) in [6, 6.07) is -1.20. The third kappa shape index (κ3) is 43.2. The van der Waals surface area contributed by atoms with E-state index in [1.165, 1.54) is 43.4 Å². The minimum absolute atomic E-state index is 0.00915. The van der Waals surface area contributed by atoms with Gasteiger partial charge in [-0.15, -0.1) is 0 Å². The molecular weight excluding hydrogens is 1010 g/mol. The van der Waals surface area contributed by atoms with Gasteiger partial charge >= 0.3 is 41.8 Å². The summed E-state index contributed by atoms with van der Waals surface area (Å²) in [5.41, 5.74) is 0. The highest BCUT2D eigenvalue weighted by Crippen LogP contribution is 2.19. The van der Waals surface area contributed by atoms with E-state index in [-0.39, 0.29) is 51.5 Å². The lowest BCUT2D eigenvalue weighted by atomic mass is 10.1. The molecular formula is C62H112N2O15. The predicted molar refractivity (Wildman–Crippen MR) is 308 cm³/mol. The SMILES string of the molecule is CCCCCCCCCCOC(=O)CC(OC(=O)CCCCC)C(=O)OCC(COC(=O)C(CC(=O)OCCCCCCCCCC)OC(=O)CCCCC)N(CCCN(C)C)C(=O)CCC(=O)OC(CCC)CCCCCC. The van der Waals surface area contributed by atoms with Gasteiger partial charge in [0.15, 0.2) is 0 Å². The fourth-order valence-electron chi connectivity index (χ4n) is 8.90. The topological polar surface area (TPSA) is 208 Å². The molecule has 0 saturated carbocycles. The van der Waals surface area contributed by atoms with Gasteiger partial charge in [0.2, 0.25) is 18.1 Å². The zero-order chi connectivity index (χ0) is 58.7. The third-order valence-electron chi connectivity index (χ3n) is 13.7. The second-order valence-corrected chi connectivity index (χ2v) is 21.6. The van der Waals surface area contributed by atoms with Gasteiger partial charge in [-0.05, 0) is 72.0 Å². The maximum Gasteiger partial charge on any atom is 0.348 e. The van der Waals surface area contributed by atoms with Gasteiger partial charge in [-0.3, -0.25) is 28.8 Å². The van der Waals surface area contributed by atoms with Crippen LogP contribution in [0, 0.1) is 0 Å². The molecule has 0 radical (unpaired) electrons. The van der Waals surface area contributed by atoms with Crippen LogP contribution in [0.4, 0.5) is 0 Å². The minimum atomic E-state index is -1.68. The van der Waals surface area contributed by atoms with Crippen LogP contribution in [-0.4, -0.2) is 135 Å². The van der Waals surface area contributed by atoms with Crippen LogP contribution in [0.2, 0.25) is 0 Å². The highest BCUT2D eigenvalue weighted by atomic mass is 16.6. The van der Waals surface area contributed by atoms with Crippen LogP contribution in [0.25, 0.3) is 0 Å². The second-order valence-electron chi connectivity index (χ2n) is 21.6. The number of rotatable bonds is 54. The van der Waals surface area contributed by atoms with E-state index in [9.17, 15) is 38.4 Å². The Hall–Kier alpha value is -4.28. The molecule has 0 aromatic heterocycles. The summed E-state index contributed by atoms with van der Waals surface area (Å²) >= 11 is 0. The highest BCUT2D eigenvalue weighted by molar-refractivity contribution is 5.86. The molecule has 3 unspecified atom stereocenters. The normalized spacial score (nSPS) is 12.7. The first-order chi connectivity index (χ1) is 38.1. The van der Waals surface area contributed by atoms with Gasteiger partial charge in [-0.1, -0.05) is 183 Å². The van der Waals surface area contributed by atoms with Crippen molar-refractivity contribution in [2.75, 3.05) is 53.6 Å². The number of nitrogens with zero attached hydrogens (tertiary/aromatic N) is 2. The molecule has 0 N–H and O–H groups in total. The smallest absolute Gasteiger partial charge is 0.348 e. The van der Waals surface area contributed by atoms with Crippen molar-refractivity contribution in [1.29, 1.82) is 0 Å². The summed E-state index contributed by atoms with van der Waals surface area (Å²) in [6.07, 6.45) is 22.3. The van der Waals surface area contributed by atoms with E-state index in [4.69, 9.17) is 33.2 Å². The van der Waals surface area contributed by atoms with Gasteiger partial charge in [-0.2, -0.15) is 0 Å². The van der Waals surface area contributed by atoms with Crippen molar-refractivity contribution in [3.8, 4) is 0 Å². The molecule has 0 bridgehead atoms. The molecule has 79 heavy (non-hydrogen) atoms. The Labute approximate surface area is 478 Å². The Balaban J connectivity index is 6.78. The summed E-state index contributed by atoms with van der Waals surface area (Å²) in [6.45, 7) is 12.1. The standard InChI is InChI=1S/C62H112N2O15/c1-9-15-20-23-25-27-29-34-45-73-59(69)47-53(78-56(66)39-31-18-12-4)61(71)75-49-51(64(44-36-43-63(7)8)55(65)41-42-58(68)77-52(37-14-6)38-33-22-17-11-3)50-76-62(72)54(79-57(67)40-32-19-13-5)48-60(70)74-46-35-30-28-26-24-21-16-10-2/h51-54H,9-50H2,1-8H3. The number of hydrogen-bond acceptors (Lipinski definition) is 16. The van der Waals surface area contributed by atoms with Crippen molar-refractivity contribution in [2.45, 2.75) is 297 Å². The third-order valence-corrected chi connectivity index (χ3v) is 13.7. The van der Waals surface area contributed by atoms with Crippen molar-refractivity contribution in [3.05, 3.63) is 0 Å². The summed E-state index contributed by atoms with van der Waals surface area (Å²) in [4.78, 5) is 112. The van der Waals surface area contributed by atoms with Crippen molar-refractivity contribution >= 4 is 47.7 Å². The molecule has 17 heteroatoms. The summed E-state index contributed by atoms with van der Waals surface area (Å²) in [7, 11) is 3.74. The molecule has 0 fully saturated rings. The largest absolute Gasteiger partial charge is 0.466 e. The number of carbonyl (C=O) groups excluding carboxylic acids is 8. The van der Waals surface area contributed by atoms with Gasteiger partial charge in [-0.25, -0.2) is 9.59 Å². The average Bonchev–Trinajstić information content (AvgIpc) is 3.41. The average molecular weight is 1130 g/mol. The number of ether oxygens (including phenoxy) is 7. The Morgan fingerprint density at radius 1 is 0.354 bits per heavy atom. The molecule has 1 amide bonds. The summed E-state index contributed by atoms with van der Waals surface area (Å²) in [5.74, 6) is -6.10. The Bertz CT molecular complexity index is 1530. The van der Waals surface area contributed by atoms with E-state index in [0.717, 1.165) is 116 Å². The van der Waals surface area contributed by atoms with Crippen LogP contribution in [0.1, 0.15) is 273 Å². The quantitative estimate of drug-likeness (QED) is 0.0315. The van der Waals surface area contributed by atoms with Crippen molar-refractivity contribution in [3.63, 3.8) is 0 Å². The highest BCUT2D eigenvalue weighted by Gasteiger charge is 2.34. The lowest BCUT2D eigenvalue weighted by molar-refractivity contribution is -0.176. The number of unbranched alkanes of at least 4 members (excludes halogenated alkanes) is 21. The Kier molecular flexibility index (Phi) is 49.0. The lowest BCUT2D eigenvalue weighted by Gasteiger charge is -2.32. The van der Waals surface area contributed by atoms with Gasteiger partial charge in [0.25, 0.3) is 0 Å². The van der Waals surface area contributed by atoms with Gasteiger partial charge < -0.3 is 43.0 Å².